The van der Waals surface area contributed by atoms with Crippen LogP contribution in [0.3, 0.4) is 0 Å². The van der Waals surface area contributed by atoms with Crippen LogP contribution < -0.4 is 5.32 Å². The Hall–Kier alpha value is -2.44. The molecular weight excluding hydrogens is 274 g/mol. The van der Waals surface area contributed by atoms with Gasteiger partial charge in [0.05, 0.1) is 4.92 Å². The number of benzene rings is 1. The van der Waals surface area contributed by atoms with Crippen LogP contribution in [-0.2, 0) is 9.59 Å². The molecule has 1 aliphatic heterocycles. The van der Waals surface area contributed by atoms with E-state index in [0.29, 0.717) is 6.54 Å². The van der Waals surface area contributed by atoms with Gasteiger partial charge in [-0.25, -0.2) is 0 Å². The van der Waals surface area contributed by atoms with Gasteiger partial charge in [-0.3, -0.25) is 19.7 Å². The van der Waals surface area contributed by atoms with Gasteiger partial charge in [-0.2, -0.15) is 0 Å². The van der Waals surface area contributed by atoms with E-state index in [1.807, 2.05) is 6.92 Å². The lowest BCUT2D eigenvalue weighted by molar-refractivity contribution is -0.384. The summed E-state index contributed by atoms with van der Waals surface area (Å²) in [6.45, 7) is 2.49. The molecule has 1 aliphatic rings. The van der Waals surface area contributed by atoms with E-state index in [0.717, 1.165) is 19.3 Å². The van der Waals surface area contributed by atoms with Crippen molar-refractivity contribution in [2.75, 3.05) is 11.9 Å². The Kier molecular flexibility index (Phi) is 4.52. The van der Waals surface area contributed by atoms with E-state index < -0.39 is 16.7 Å². The highest BCUT2D eigenvalue weighted by molar-refractivity contribution is 6.39. The highest BCUT2D eigenvalue weighted by Crippen LogP contribution is 2.19. The summed E-state index contributed by atoms with van der Waals surface area (Å²) in [6, 6.07) is 5.57. The van der Waals surface area contributed by atoms with Gasteiger partial charge >= 0.3 is 11.8 Å². The molecule has 21 heavy (non-hydrogen) atoms. The van der Waals surface area contributed by atoms with Gasteiger partial charge in [0.15, 0.2) is 0 Å². The third-order valence-electron chi connectivity index (χ3n) is 3.57. The smallest absolute Gasteiger partial charge is 0.313 e. The molecule has 0 aromatic heterocycles. The normalized spacial score (nSPS) is 18.1. The van der Waals surface area contributed by atoms with Gasteiger partial charge in [0, 0.05) is 30.4 Å². The zero-order valence-electron chi connectivity index (χ0n) is 11.7. The topological polar surface area (TPSA) is 92.6 Å². The SMILES string of the molecule is CC1CCCCN1C(=O)C(=O)Nc1cccc([N+](=O)[O-])c1. The minimum Gasteiger partial charge on any atom is -0.332 e. The molecule has 2 amide bonds. The van der Waals surface area contributed by atoms with Gasteiger partial charge in [-0.05, 0) is 32.3 Å². The molecule has 0 aliphatic carbocycles. The summed E-state index contributed by atoms with van der Waals surface area (Å²) in [5, 5.41) is 13.1. The standard InChI is InChI=1S/C14H17N3O4/c1-10-5-2-3-8-16(10)14(19)13(18)15-11-6-4-7-12(9-11)17(20)21/h4,6-7,9-10H,2-3,5,8H2,1H3,(H,15,18). The number of carbonyl (C=O) groups excluding carboxylic acids is 2. The first kappa shape index (κ1) is 15.0. The number of likely N-dealkylation sites (tertiary alicyclic amines) is 1. The minimum atomic E-state index is -0.760. The summed E-state index contributed by atoms with van der Waals surface area (Å²) in [5.41, 5.74) is 0.110. The van der Waals surface area contributed by atoms with E-state index in [1.54, 1.807) is 4.90 Å². The van der Waals surface area contributed by atoms with Crippen LogP contribution in [0.15, 0.2) is 24.3 Å². The number of anilines is 1. The maximum absolute atomic E-state index is 12.1. The van der Waals surface area contributed by atoms with Gasteiger partial charge in [0.2, 0.25) is 0 Å². The lowest BCUT2D eigenvalue weighted by atomic mass is 10.0. The maximum atomic E-state index is 12.1. The summed E-state index contributed by atoms with van der Waals surface area (Å²) >= 11 is 0. The summed E-state index contributed by atoms with van der Waals surface area (Å²) in [7, 11) is 0. The zero-order chi connectivity index (χ0) is 15.4. The largest absolute Gasteiger partial charge is 0.332 e. The molecule has 1 aromatic rings. The van der Waals surface area contributed by atoms with Crippen LogP contribution in [0.2, 0.25) is 0 Å². The average molecular weight is 291 g/mol. The second-order valence-corrected chi connectivity index (χ2v) is 5.10. The van der Waals surface area contributed by atoms with Gasteiger partial charge in [-0.15, -0.1) is 0 Å². The average Bonchev–Trinajstić information content (AvgIpc) is 2.47. The third kappa shape index (κ3) is 3.56. The van der Waals surface area contributed by atoms with Crippen LogP contribution in [0.1, 0.15) is 26.2 Å². The molecule has 1 saturated heterocycles. The van der Waals surface area contributed by atoms with Crippen LogP contribution in [0.4, 0.5) is 11.4 Å². The number of hydrogen-bond acceptors (Lipinski definition) is 4. The van der Waals surface area contributed by atoms with E-state index in [9.17, 15) is 19.7 Å². The number of nitro groups is 1. The Morgan fingerprint density at radius 2 is 2.14 bits per heavy atom. The molecular formula is C14H17N3O4. The summed E-state index contributed by atoms with van der Waals surface area (Å²) < 4.78 is 0. The molecule has 1 aromatic carbocycles. The number of hydrogen-bond donors (Lipinski definition) is 1. The lowest BCUT2D eigenvalue weighted by Crippen LogP contribution is -2.47. The van der Waals surface area contributed by atoms with Crippen molar-refractivity contribution in [1.82, 2.24) is 4.90 Å². The molecule has 7 heteroatoms. The third-order valence-corrected chi connectivity index (χ3v) is 3.57. The second kappa shape index (κ2) is 6.34. The van der Waals surface area contributed by atoms with Crippen molar-refractivity contribution in [2.24, 2.45) is 0 Å². The predicted molar refractivity (Wildman–Crippen MR) is 76.8 cm³/mol. The second-order valence-electron chi connectivity index (χ2n) is 5.10. The van der Waals surface area contributed by atoms with Crippen molar-refractivity contribution in [1.29, 1.82) is 0 Å². The van der Waals surface area contributed by atoms with Crippen molar-refractivity contribution < 1.29 is 14.5 Å². The Labute approximate surface area is 122 Å². The number of piperidine rings is 1. The van der Waals surface area contributed by atoms with E-state index in [1.165, 1.54) is 24.3 Å². The van der Waals surface area contributed by atoms with Crippen molar-refractivity contribution in [3.63, 3.8) is 0 Å². The van der Waals surface area contributed by atoms with Crippen LogP contribution >= 0.6 is 0 Å². The van der Waals surface area contributed by atoms with Crippen LogP contribution in [0.5, 0.6) is 0 Å². The fourth-order valence-corrected chi connectivity index (χ4v) is 2.41. The van der Waals surface area contributed by atoms with Crippen molar-refractivity contribution in [2.45, 2.75) is 32.2 Å². The molecule has 0 saturated carbocycles. The van der Waals surface area contributed by atoms with Crippen LogP contribution in [-0.4, -0.2) is 34.2 Å². The first-order valence-electron chi connectivity index (χ1n) is 6.85. The van der Waals surface area contributed by atoms with Gasteiger partial charge in [0.1, 0.15) is 0 Å². The van der Waals surface area contributed by atoms with Crippen molar-refractivity contribution in [3.05, 3.63) is 34.4 Å². The summed E-state index contributed by atoms with van der Waals surface area (Å²) in [4.78, 5) is 35.8. The summed E-state index contributed by atoms with van der Waals surface area (Å²) in [6.07, 6.45) is 2.83. The Morgan fingerprint density at radius 3 is 2.81 bits per heavy atom. The monoisotopic (exact) mass is 291 g/mol. The van der Waals surface area contributed by atoms with Gasteiger partial charge in [-0.1, -0.05) is 6.07 Å². The highest BCUT2D eigenvalue weighted by Gasteiger charge is 2.28. The number of rotatable bonds is 2. The predicted octanol–water partition coefficient (Wildman–Crippen LogP) is 1.93. The van der Waals surface area contributed by atoms with E-state index >= 15 is 0 Å². The lowest BCUT2D eigenvalue weighted by Gasteiger charge is -2.32. The Balaban J connectivity index is 2.05. The maximum Gasteiger partial charge on any atom is 0.313 e. The number of nitro benzene ring substituents is 1. The molecule has 1 unspecified atom stereocenters. The fraction of sp³-hybridized carbons (Fsp3) is 0.429. The highest BCUT2D eigenvalue weighted by atomic mass is 16.6. The van der Waals surface area contributed by atoms with Gasteiger partial charge < -0.3 is 10.2 Å². The van der Waals surface area contributed by atoms with E-state index in [2.05, 4.69) is 5.32 Å². The summed E-state index contributed by atoms with van der Waals surface area (Å²) in [5.74, 6) is -1.35. The number of nitrogens with zero attached hydrogens (tertiary/aromatic N) is 2. The van der Waals surface area contributed by atoms with Gasteiger partial charge in [0.25, 0.3) is 5.69 Å². The number of nitrogens with one attached hydrogen (secondary N) is 1. The molecule has 0 radical (unpaired) electrons. The first-order valence-corrected chi connectivity index (χ1v) is 6.85. The minimum absolute atomic E-state index is 0.0436. The molecule has 1 heterocycles. The van der Waals surface area contributed by atoms with Crippen molar-refractivity contribution in [3.8, 4) is 0 Å². The van der Waals surface area contributed by atoms with E-state index in [-0.39, 0.29) is 17.4 Å². The molecule has 0 bridgehead atoms. The first-order chi connectivity index (χ1) is 9.99. The number of carbonyl (C=O) groups is 2. The Morgan fingerprint density at radius 1 is 1.38 bits per heavy atom. The molecule has 1 atom stereocenters. The molecule has 1 fully saturated rings. The van der Waals surface area contributed by atoms with Crippen LogP contribution in [0, 0.1) is 10.1 Å². The quantitative estimate of drug-likeness (QED) is 0.512. The molecule has 2 rings (SSSR count). The van der Waals surface area contributed by atoms with Crippen LogP contribution in [0.25, 0.3) is 0 Å². The molecule has 0 spiro atoms. The fourth-order valence-electron chi connectivity index (χ4n) is 2.41. The zero-order valence-corrected chi connectivity index (χ0v) is 11.7. The van der Waals surface area contributed by atoms with E-state index in [4.69, 9.17) is 0 Å². The molecule has 7 nitrogen and oxygen atoms in total. The Bertz CT molecular complexity index is 573. The number of non-ortho nitro benzene ring substituents is 1. The van der Waals surface area contributed by atoms with Crippen molar-refractivity contribution >= 4 is 23.2 Å². The molecule has 112 valence electrons. The number of amides is 2. The molecule has 1 N–H and O–H groups in total.